The highest BCUT2D eigenvalue weighted by molar-refractivity contribution is 5.66. The fourth-order valence-corrected chi connectivity index (χ4v) is 1.75. The Kier molecular flexibility index (Phi) is 3.61. The number of nitriles is 1. The van der Waals surface area contributed by atoms with Gasteiger partial charge in [-0.2, -0.15) is 18.4 Å². The van der Waals surface area contributed by atoms with Crippen molar-refractivity contribution in [3.63, 3.8) is 0 Å². The van der Waals surface area contributed by atoms with Crippen LogP contribution in [0.5, 0.6) is 0 Å². The molecular weight excluding hydrogens is 267 g/mol. The number of anilines is 2. The van der Waals surface area contributed by atoms with Gasteiger partial charge in [-0.3, -0.25) is 0 Å². The number of rotatable bonds is 2. The Labute approximate surface area is 113 Å². The summed E-state index contributed by atoms with van der Waals surface area (Å²) in [5.41, 5.74) is -0.0904. The molecule has 0 radical (unpaired) electrons. The van der Waals surface area contributed by atoms with Gasteiger partial charge in [0, 0.05) is 7.05 Å². The molecule has 20 heavy (non-hydrogen) atoms. The van der Waals surface area contributed by atoms with Crippen molar-refractivity contribution in [1.29, 1.82) is 5.26 Å². The summed E-state index contributed by atoms with van der Waals surface area (Å²) in [7, 11) is 1.57. The van der Waals surface area contributed by atoms with Crippen LogP contribution < -0.4 is 4.90 Å². The maximum Gasteiger partial charge on any atom is 0.433 e. The molecule has 3 nitrogen and oxygen atoms in total. The number of hydrogen-bond donors (Lipinski definition) is 0. The monoisotopic (exact) mass is 277 g/mol. The van der Waals surface area contributed by atoms with Crippen molar-refractivity contribution in [2.24, 2.45) is 0 Å². The SMILES string of the molecule is CN(c1cccc(C(F)(F)F)n1)c1ccccc1C#N. The Morgan fingerprint density at radius 1 is 1.10 bits per heavy atom. The highest BCUT2D eigenvalue weighted by Crippen LogP contribution is 2.31. The van der Waals surface area contributed by atoms with Crippen molar-refractivity contribution in [3.8, 4) is 6.07 Å². The molecule has 0 aliphatic rings. The molecule has 0 fully saturated rings. The molecule has 0 aliphatic carbocycles. The molecule has 0 spiro atoms. The number of aromatic nitrogens is 1. The van der Waals surface area contributed by atoms with E-state index in [0.717, 1.165) is 6.07 Å². The Balaban J connectivity index is 2.44. The molecule has 1 aromatic carbocycles. The van der Waals surface area contributed by atoms with E-state index in [1.807, 2.05) is 6.07 Å². The molecule has 1 heterocycles. The zero-order valence-electron chi connectivity index (χ0n) is 10.5. The summed E-state index contributed by atoms with van der Waals surface area (Å²) in [6.45, 7) is 0. The quantitative estimate of drug-likeness (QED) is 0.839. The lowest BCUT2D eigenvalue weighted by molar-refractivity contribution is -0.141. The Morgan fingerprint density at radius 2 is 1.80 bits per heavy atom. The van der Waals surface area contributed by atoms with Crippen LogP contribution in [0.25, 0.3) is 0 Å². The molecule has 6 heteroatoms. The van der Waals surface area contributed by atoms with E-state index in [1.165, 1.54) is 17.0 Å². The maximum absolute atomic E-state index is 12.6. The lowest BCUT2D eigenvalue weighted by Gasteiger charge is -2.20. The molecular formula is C14H10F3N3. The van der Waals surface area contributed by atoms with Gasteiger partial charge in [-0.05, 0) is 24.3 Å². The van der Waals surface area contributed by atoms with E-state index in [-0.39, 0.29) is 5.82 Å². The average molecular weight is 277 g/mol. The van der Waals surface area contributed by atoms with Crippen LogP contribution in [-0.4, -0.2) is 12.0 Å². The van der Waals surface area contributed by atoms with Crippen LogP contribution in [-0.2, 0) is 6.18 Å². The maximum atomic E-state index is 12.6. The number of hydrogen-bond acceptors (Lipinski definition) is 3. The summed E-state index contributed by atoms with van der Waals surface area (Å²) in [6.07, 6.45) is -4.49. The Hall–Kier alpha value is -2.55. The van der Waals surface area contributed by atoms with Gasteiger partial charge in [0.25, 0.3) is 0 Å². The first-order valence-electron chi connectivity index (χ1n) is 5.70. The van der Waals surface area contributed by atoms with Gasteiger partial charge in [-0.25, -0.2) is 4.98 Å². The third-order valence-corrected chi connectivity index (χ3v) is 2.75. The normalized spacial score (nSPS) is 10.9. The topological polar surface area (TPSA) is 39.9 Å². The minimum atomic E-state index is -4.49. The Bertz CT molecular complexity index is 659. The standard InChI is InChI=1S/C14H10F3N3/c1-20(11-6-3-2-5-10(11)9-18)13-8-4-7-12(19-13)14(15,16)17/h2-8H,1H3. The van der Waals surface area contributed by atoms with Gasteiger partial charge in [0.2, 0.25) is 0 Å². The molecule has 2 aromatic rings. The van der Waals surface area contributed by atoms with Crippen molar-refractivity contribution in [3.05, 3.63) is 53.7 Å². The van der Waals surface area contributed by atoms with E-state index in [2.05, 4.69) is 4.98 Å². The van der Waals surface area contributed by atoms with Crippen LogP contribution in [0.15, 0.2) is 42.5 Å². The summed E-state index contributed by atoms with van der Waals surface area (Å²) in [5, 5.41) is 9.02. The number of alkyl halides is 3. The molecule has 2 rings (SSSR count). The predicted octanol–water partition coefficient (Wildman–Crippen LogP) is 3.74. The molecule has 0 bridgehead atoms. The summed E-state index contributed by atoms with van der Waals surface area (Å²) < 4.78 is 37.9. The molecule has 1 aromatic heterocycles. The molecule has 0 aliphatic heterocycles. The highest BCUT2D eigenvalue weighted by Gasteiger charge is 2.32. The molecule has 0 amide bonds. The van der Waals surface area contributed by atoms with Crippen molar-refractivity contribution >= 4 is 11.5 Å². The van der Waals surface area contributed by atoms with Gasteiger partial charge in [0.05, 0.1) is 11.3 Å². The van der Waals surface area contributed by atoms with E-state index in [9.17, 15) is 13.2 Å². The second-order valence-electron chi connectivity index (χ2n) is 4.07. The second-order valence-corrected chi connectivity index (χ2v) is 4.07. The first-order chi connectivity index (χ1) is 9.43. The number of nitrogens with zero attached hydrogens (tertiary/aromatic N) is 3. The number of halogens is 3. The van der Waals surface area contributed by atoms with E-state index in [4.69, 9.17) is 5.26 Å². The fraction of sp³-hybridized carbons (Fsp3) is 0.143. The first-order valence-corrected chi connectivity index (χ1v) is 5.70. The van der Waals surface area contributed by atoms with Gasteiger partial charge < -0.3 is 4.90 Å². The average Bonchev–Trinajstić information content (AvgIpc) is 2.45. The minimum Gasteiger partial charge on any atom is -0.328 e. The van der Waals surface area contributed by atoms with E-state index in [0.29, 0.717) is 11.3 Å². The highest BCUT2D eigenvalue weighted by atomic mass is 19.4. The van der Waals surface area contributed by atoms with E-state index in [1.54, 1.807) is 31.3 Å². The number of benzene rings is 1. The summed E-state index contributed by atoms with van der Waals surface area (Å²) in [4.78, 5) is 5.04. The fourth-order valence-electron chi connectivity index (χ4n) is 1.75. The predicted molar refractivity (Wildman–Crippen MR) is 68.5 cm³/mol. The van der Waals surface area contributed by atoms with Crippen LogP contribution in [0.1, 0.15) is 11.3 Å². The molecule has 0 saturated heterocycles. The largest absolute Gasteiger partial charge is 0.433 e. The van der Waals surface area contributed by atoms with Crippen molar-refractivity contribution < 1.29 is 13.2 Å². The van der Waals surface area contributed by atoms with Crippen molar-refractivity contribution in [1.82, 2.24) is 4.98 Å². The molecule has 0 saturated carbocycles. The molecule has 0 unspecified atom stereocenters. The minimum absolute atomic E-state index is 0.127. The third-order valence-electron chi connectivity index (χ3n) is 2.75. The summed E-state index contributed by atoms with van der Waals surface area (Å²) in [5.74, 6) is 0.127. The van der Waals surface area contributed by atoms with Crippen LogP contribution in [0.2, 0.25) is 0 Å². The van der Waals surface area contributed by atoms with Gasteiger partial charge in [-0.15, -0.1) is 0 Å². The van der Waals surface area contributed by atoms with Crippen LogP contribution in [0.4, 0.5) is 24.7 Å². The van der Waals surface area contributed by atoms with Crippen LogP contribution >= 0.6 is 0 Å². The van der Waals surface area contributed by atoms with Crippen LogP contribution in [0, 0.1) is 11.3 Å². The van der Waals surface area contributed by atoms with Crippen molar-refractivity contribution in [2.75, 3.05) is 11.9 Å². The van der Waals surface area contributed by atoms with Gasteiger partial charge in [-0.1, -0.05) is 18.2 Å². The summed E-state index contributed by atoms with van der Waals surface area (Å²) >= 11 is 0. The van der Waals surface area contributed by atoms with Crippen LogP contribution in [0.3, 0.4) is 0 Å². The second kappa shape index (κ2) is 5.21. The van der Waals surface area contributed by atoms with Gasteiger partial charge >= 0.3 is 6.18 Å². The van der Waals surface area contributed by atoms with E-state index >= 15 is 0 Å². The van der Waals surface area contributed by atoms with Crippen molar-refractivity contribution in [2.45, 2.75) is 6.18 Å². The third kappa shape index (κ3) is 2.72. The first kappa shape index (κ1) is 13.9. The van der Waals surface area contributed by atoms with E-state index < -0.39 is 11.9 Å². The van der Waals surface area contributed by atoms with Gasteiger partial charge in [0.15, 0.2) is 0 Å². The number of pyridine rings is 1. The summed E-state index contributed by atoms with van der Waals surface area (Å²) in [6, 6.07) is 12.3. The Morgan fingerprint density at radius 3 is 2.45 bits per heavy atom. The van der Waals surface area contributed by atoms with Gasteiger partial charge in [0.1, 0.15) is 17.6 Å². The molecule has 102 valence electrons. The number of para-hydroxylation sites is 1. The zero-order chi connectivity index (χ0) is 14.8. The molecule has 0 N–H and O–H groups in total. The molecule has 0 atom stereocenters. The smallest absolute Gasteiger partial charge is 0.328 e. The zero-order valence-corrected chi connectivity index (χ0v) is 10.5. The lowest BCUT2D eigenvalue weighted by Crippen LogP contribution is -2.15. The lowest BCUT2D eigenvalue weighted by atomic mass is 10.2.